The molecule has 0 amide bonds. The summed E-state index contributed by atoms with van der Waals surface area (Å²) in [7, 11) is 0. The summed E-state index contributed by atoms with van der Waals surface area (Å²) in [6, 6.07) is 14.6. The van der Waals surface area contributed by atoms with Gasteiger partial charge >= 0.3 is 6.18 Å². The summed E-state index contributed by atoms with van der Waals surface area (Å²) < 4.78 is 50.9. The molecule has 0 radical (unpaired) electrons. The summed E-state index contributed by atoms with van der Waals surface area (Å²) in [5.74, 6) is 1.28. The molecule has 30 heavy (non-hydrogen) atoms. The van der Waals surface area contributed by atoms with Gasteiger partial charge in [0.1, 0.15) is 11.5 Å². The van der Waals surface area contributed by atoms with Crippen molar-refractivity contribution in [2.24, 2.45) is 0 Å². The summed E-state index contributed by atoms with van der Waals surface area (Å²) >= 11 is 5.91. The van der Waals surface area contributed by atoms with Crippen LogP contribution in [0.25, 0.3) is 11.3 Å². The zero-order chi connectivity index (χ0) is 21.1. The Balaban J connectivity index is 1.55. The second kappa shape index (κ2) is 8.62. The van der Waals surface area contributed by atoms with Crippen LogP contribution in [0.3, 0.4) is 0 Å². The number of furan rings is 1. The molecule has 0 aliphatic carbocycles. The maximum atomic E-state index is 13.2. The van der Waals surface area contributed by atoms with Crippen LogP contribution in [-0.4, -0.2) is 26.3 Å². The molecule has 3 aromatic rings. The standard InChI is InChI=1S/C22H20ClF3N2O2/c23-17-4-1-15(2-5-17)21-8-6-18(30-21)14-27-19-13-16(22(24,25)26)3-7-20(19)28-9-11-29-12-10-28/h1-8,13,27H,9-12,14H2. The van der Waals surface area contributed by atoms with E-state index in [4.69, 9.17) is 20.8 Å². The Bertz CT molecular complexity index is 996. The van der Waals surface area contributed by atoms with Crippen LogP contribution in [0.5, 0.6) is 0 Å². The van der Waals surface area contributed by atoms with Gasteiger partial charge in [-0.15, -0.1) is 0 Å². The first kappa shape index (κ1) is 20.6. The zero-order valence-electron chi connectivity index (χ0n) is 16.0. The fourth-order valence-electron chi connectivity index (χ4n) is 3.36. The van der Waals surface area contributed by atoms with Crippen molar-refractivity contribution in [3.63, 3.8) is 0 Å². The molecule has 158 valence electrons. The summed E-state index contributed by atoms with van der Waals surface area (Å²) in [5.41, 5.74) is 1.31. The Kier molecular flexibility index (Phi) is 5.92. The zero-order valence-corrected chi connectivity index (χ0v) is 16.8. The molecular weight excluding hydrogens is 417 g/mol. The maximum Gasteiger partial charge on any atom is 0.416 e. The minimum absolute atomic E-state index is 0.256. The van der Waals surface area contributed by atoms with Gasteiger partial charge in [-0.25, -0.2) is 0 Å². The lowest BCUT2D eigenvalue weighted by atomic mass is 10.1. The number of anilines is 2. The number of alkyl halides is 3. The van der Waals surface area contributed by atoms with Crippen molar-refractivity contribution in [3.05, 3.63) is 70.9 Å². The SMILES string of the molecule is FC(F)(F)c1ccc(N2CCOCC2)c(NCc2ccc(-c3ccc(Cl)cc3)o2)c1. The average Bonchev–Trinajstić information content (AvgIpc) is 3.21. The highest BCUT2D eigenvalue weighted by Crippen LogP contribution is 2.36. The second-order valence-electron chi connectivity index (χ2n) is 6.96. The third kappa shape index (κ3) is 4.74. The minimum atomic E-state index is -4.41. The van der Waals surface area contributed by atoms with Crippen molar-refractivity contribution in [1.29, 1.82) is 0 Å². The third-order valence-electron chi connectivity index (χ3n) is 4.92. The lowest BCUT2D eigenvalue weighted by Gasteiger charge is -2.31. The number of hydrogen-bond donors (Lipinski definition) is 1. The fourth-order valence-corrected chi connectivity index (χ4v) is 3.48. The second-order valence-corrected chi connectivity index (χ2v) is 7.39. The molecule has 4 nitrogen and oxygen atoms in total. The third-order valence-corrected chi connectivity index (χ3v) is 5.17. The average molecular weight is 437 g/mol. The van der Waals surface area contributed by atoms with E-state index in [-0.39, 0.29) is 6.54 Å². The van der Waals surface area contributed by atoms with Gasteiger partial charge in [-0.1, -0.05) is 11.6 Å². The molecule has 0 bridgehead atoms. The van der Waals surface area contributed by atoms with Crippen LogP contribution in [0, 0.1) is 0 Å². The Morgan fingerprint density at radius 2 is 1.70 bits per heavy atom. The van der Waals surface area contributed by atoms with E-state index in [1.54, 1.807) is 18.2 Å². The smallest absolute Gasteiger partial charge is 0.416 e. The predicted octanol–water partition coefficient (Wildman–Crippen LogP) is 6.07. The number of ether oxygens (including phenoxy) is 1. The van der Waals surface area contributed by atoms with Crippen molar-refractivity contribution < 1.29 is 22.3 Å². The molecule has 1 saturated heterocycles. The summed E-state index contributed by atoms with van der Waals surface area (Å²) in [5, 5.41) is 3.75. The van der Waals surface area contributed by atoms with E-state index in [2.05, 4.69) is 5.32 Å². The highest BCUT2D eigenvalue weighted by molar-refractivity contribution is 6.30. The van der Waals surface area contributed by atoms with Crippen LogP contribution in [0.4, 0.5) is 24.5 Å². The van der Waals surface area contributed by atoms with Gasteiger partial charge in [0.2, 0.25) is 0 Å². The number of rotatable bonds is 5. The minimum Gasteiger partial charge on any atom is -0.459 e. The molecule has 0 atom stereocenters. The maximum absolute atomic E-state index is 13.2. The quantitative estimate of drug-likeness (QED) is 0.527. The predicted molar refractivity (Wildman–Crippen MR) is 111 cm³/mol. The van der Waals surface area contributed by atoms with Gasteiger partial charge in [0.05, 0.1) is 36.7 Å². The number of morpholine rings is 1. The van der Waals surface area contributed by atoms with Gasteiger partial charge < -0.3 is 19.4 Å². The topological polar surface area (TPSA) is 37.6 Å². The van der Waals surface area contributed by atoms with Gasteiger partial charge in [0, 0.05) is 23.7 Å². The van der Waals surface area contributed by atoms with E-state index < -0.39 is 11.7 Å². The van der Waals surface area contributed by atoms with Crippen LogP contribution in [0.2, 0.25) is 5.02 Å². The van der Waals surface area contributed by atoms with Crippen molar-refractivity contribution in [2.45, 2.75) is 12.7 Å². The molecule has 1 N–H and O–H groups in total. The van der Waals surface area contributed by atoms with Gasteiger partial charge in [0.15, 0.2) is 0 Å². The van der Waals surface area contributed by atoms with E-state index in [9.17, 15) is 13.2 Å². The molecule has 8 heteroatoms. The first-order valence-corrected chi connectivity index (χ1v) is 9.90. The van der Waals surface area contributed by atoms with Crippen LogP contribution in [-0.2, 0) is 17.5 Å². The summed E-state index contributed by atoms with van der Waals surface area (Å²) in [6.45, 7) is 2.60. The molecule has 0 spiro atoms. The largest absolute Gasteiger partial charge is 0.459 e. The van der Waals surface area contributed by atoms with E-state index in [1.807, 2.05) is 23.1 Å². The molecule has 1 aromatic heterocycles. The van der Waals surface area contributed by atoms with E-state index in [0.717, 1.165) is 23.4 Å². The molecule has 0 saturated carbocycles. The molecular formula is C22H20ClF3N2O2. The van der Waals surface area contributed by atoms with Crippen LogP contribution in [0.15, 0.2) is 59.0 Å². The normalized spacial score (nSPS) is 14.7. The first-order valence-electron chi connectivity index (χ1n) is 9.52. The Hall–Kier alpha value is -2.64. The molecule has 0 unspecified atom stereocenters. The van der Waals surface area contributed by atoms with Crippen LogP contribution < -0.4 is 10.2 Å². The van der Waals surface area contributed by atoms with Crippen LogP contribution in [0.1, 0.15) is 11.3 Å². The van der Waals surface area contributed by atoms with Gasteiger partial charge in [-0.3, -0.25) is 0 Å². The Morgan fingerprint density at radius 1 is 0.967 bits per heavy atom. The molecule has 1 fully saturated rings. The summed E-state index contributed by atoms with van der Waals surface area (Å²) in [4.78, 5) is 2.02. The van der Waals surface area contributed by atoms with Crippen molar-refractivity contribution >= 4 is 23.0 Å². The molecule has 2 heterocycles. The highest BCUT2D eigenvalue weighted by atomic mass is 35.5. The molecule has 4 rings (SSSR count). The van der Waals surface area contributed by atoms with E-state index in [1.165, 1.54) is 6.07 Å². The van der Waals surface area contributed by atoms with Gasteiger partial charge in [-0.05, 0) is 54.6 Å². The van der Waals surface area contributed by atoms with Gasteiger partial charge in [-0.2, -0.15) is 13.2 Å². The monoisotopic (exact) mass is 436 g/mol. The lowest BCUT2D eigenvalue weighted by Crippen LogP contribution is -2.36. The number of nitrogens with zero attached hydrogens (tertiary/aromatic N) is 1. The first-order chi connectivity index (χ1) is 14.4. The lowest BCUT2D eigenvalue weighted by molar-refractivity contribution is -0.137. The Labute approximate surface area is 177 Å². The molecule has 2 aromatic carbocycles. The van der Waals surface area contributed by atoms with Gasteiger partial charge in [0.25, 0.3) is 0 Å². The number of halogens is 4. The van der Waals surface area contributed by atoms with Crippen LogP contribution >= 0.6 is 11.6 Å². The van der Waals surface area contributed by atoms with Crippen molar-refractivity contribution in [2.75, 3.05) is 36.5 Å². The van der Waals surface area contributed by atoms with Crippen molar-refractivity contribution in [1.82, 2.24) is 0 Å². The fraction of sp³-hybridized carbons (Fsp3) is 0.273. The van der Waals surface area contributed by atoms with E-state index in [0.29, 0.717) is 48.5 Å². The highest BCUT2D eigenvalue weighted by Gasteiger charge is 2.31. The Morgan fingerprint density at radius 3 is 2.40 bits per heavy atom. The number of hydrogen-bond acceptors (Lipinski definition) is 4. The molecule has 1 aliphatic heterocycles. The number of nitrogens with one attached hydrogen (secondary N) is 1. The van der Waals surface area contributed by atoms with E-state index >= 15 is 0 Å². The number of benzene rings is 2. The molecule has 1 aliphatic rings. The van der Waals surface area contributed by atoms with Crippen molar-refractivity contribution in [3.8, 4) is 11.3 Å². The summed E-state index contributed by atoms with van der Waals surface area (Å²) in [6.07, 6.45) is -4.41.